The number of benzene rings is 1. The SMILES string of the molecule is CONC(=O)NC(c1ccc(F)cc1)c1cccs1. The molecule has 2 aromatic rings. The van der Waals surface area contributed by atoms with Crippen molar-refractivity contribution in [3.05, 3.63) is 58.0 Å². The molecule has 0 aliphatic carbocycles. The Morgan fingerprint density at radius 1 is 1.32 bits per heavy atom. The van der Waals surface area contributed by atoms with Crippen molar-refractivity contribution in [1.82, 2.24) is 10.8 Å². The lowest BCUT2D eigenvalue weighted by Gasteiger charge is -2.18. The average Bonchev–Trinajstić information content (AvgIpc) is 2.91. The van der Waals surface area contributed by atoms with Crippen LogP contribution in [0.3, 0.4) is 0 Å². The zero-order valence-electron chi connectivity index (χ0n) is 10.2. The van der Waals surface area contributed by atoms with Gasteiger partial charge in [-0.3, -0.25) is 4.84 Å². The molecule has 0 fully saturated rings. The van der Waals surface area contributed by atoms with Crippen molar-refractivity contribution >= 4 is 17.4 Å². The van der Waals surface area contributed by atoms with Gasteiger partial charge >= 0.3 is 6.03 Å². The Bertz CT molecular complexity index is 528. The number of urea groups is 1. The highest BCUT2D eigenvalue weighted by atomic mass is 32.1. The zero-order chi connectivity index (χ0) is 13.7. The number of carbonyl (C=O) groups is 1. The van der Waals surface area contributed by atoms with Gasteiger partial charge in [0.05, 0.1) is 13.2 Å². The maximum atomic E-state index is 13.0. The highest BCUT2D eigenvalue weighted by molar-refractivity contribution is 7.10. The molecule has 0 bridgehead atoms. The molecule has 1 heterocycles. The van der Waals surface area contributed by atoms with Gasteiger partial charge in [-0.25, -0.2) is 14.7 Å². The van der Waals surface area contributed by atoms with Crippen LogP contribution in [0.25, 0.3) is 0 Å². The second-order valence-corrected chi connectivity index (χ2v) is 4.76. The lowest BCUT2D eigenvalue weighted by atomic mass is 10.1. The molecule has 2 rings (SSSR count). The number of hydroxylamine groups is 1. The molecule has 0 saturated carbocycles. The first kappa shape index (κ1) is 13.5. The summed E-state index contributed by atoms with van der Waals surface area (Å²) in [7, 11) is 1.36. The standard InChI is InChI=1S/C13H13FN2O2S/c1-18-16-13(17)15-12(11-3-2-8-19-11)9-4-6-10(14)7-5-9/h2-8,12H,1H3,(H2,15,16,17). The summed E-state index contributed by atoms with van der Waals surface area (Å²) in [6.45, 7) is 0. The molecule has 1 aromatic heterocycles. The van der Waals surface area contributed by atoms with E-state index in [9.17, 15) is 9.18 Å². The van der Waals surface area contributed by atoms with E-state index in [4.69, 9.17) is 0 Å². The number of carbonyl (C=O) groups excluding carboxylic acids is 1. The van der Waals surface area contributed by atoms with Crippen LogP contribution in [-0.4, -0.2) is 13.1 Å². The molecule has 0 aliphatic heterocycles. The van der Waals surface area contributed by atoms with Crippen LogP contribution in [0.5, 0.6) is 0 Å². The minimum absolute atomic E-state index is 0.310. The summed E-state index contributed by atoms with van der Waals surface area (Å²) >= 11 is 1.51. The van der Waals surface area contributed by atoms with Crippen LogP contribution < -0.4 is 10.8 Å². The first-order chi connectivity index (χ1) is 9.20. The molecule has 1 atom stereocenters. The number of amides is 2. The van der Waals surface area contributed by atoms with Crippen LogP contribution in [0.4, 0.5) is 9.18 Å². The number of thiophene rings is 1. The Balaban J connectivity index is 2.24. The summed E-state index contributed by atoms with van der Waals surface area (Å²) in [5.41, 5.74) is 3.00. The van der Waals surface area contributed by atoms with E-state index < -0.39 is 6.03 Å². The van der Waals surface area contributed by atoms with Gasteiger partial charge in [-0.15, -0.1) is 11.3 Å². The number of nitrogens with one attached hydrogen (secondary N) is 2. The largest absolute Gasteiger partial charge is 0.339 e. The maximum Gasteiger partial charge on any atom is 0.339 e. The molecule has 0 spiro atoms. The summed E-state index contributed by atoms with van der Waals surface area (Å²) in [5, 5.41) is 4.69. The number of rotatable bonds is 4. The second-order valence-electron chi connectivity index (χ2n) is 3.78. The fourth-order valence-electron chi connectivity index (χ4n) is 1.68. The van der Waals surface area contributed by atoms with E-state index >= 15 is 0 Å². The first-order valence-electron chi connectivity index (χ1n) is 5.59. The molecular formula is C13H13FN2O2S. The van der Waals surface area contributed by atoms with E-state index in [1.807, 2.05) is 17.5 Å². The van der Waals surface area contributed by atoms with Crippen LogP contribution in [0.15, 0.2) is 41.8 Å². The molecule has 1 unspecified atom stereocenters. The van der Waals surface area contributed by atoms with Crippen molar-refractivity contribution in [2.75, 3.05) is 7.11 Å². The van der Waals surface area contributed by atoms with Crippen LogP contribution in [0.2, 0.25) is 0 Å². The van der Waals surface area contributed by atoms with Crippen LogP contribution in [0, 0.1) is 5.82 Å². The van der Waals surface area contributed by atoms with Gasteiger partial charge < -0.3 is 5.32 Å². The molecule has 0 radical (unpaired) electrons. The Hall–Kier alpha value is -1.92. The molecule has 6 heteroatoms. The summed E-state index contributed by atoms with van der Waals surface area (Å²) in [6.07, 6.45) is 0. The third-order valence-electron chi connectivity index (χ3n) is 2.50. The highest BCUT2D eigenvalue weighted by Gasteiger charge is 2.17. The molecule has 100 valence electrons. The Morgan fingerprint density at radius 2 is 2.05 bits per heavy atom. The van der Waals surface area contributed by atoms with Crippen molar-refractivity contribution in [1.29, 1.82) is 0 Å². The molecular weight excluding hydrogens is 267 g/mol. The van der Waals surface area contributed by atoms with E-state index in [1.165, 1.54) is 30.6 Å². The van der Waals surface area contributed by atoms with Crippen molar-refractivity contribution < 1.29 is 14.0 Å². The van der Waals surface area contributed by atoms with Gasteiger partial charge in [0.1, 0.15) is 5.82 Å². The minimum atomic E-state index is -0.453. The topological polar surface area (TPSA) is 50.4 Å². The molecule has 4 nitrogen and oxygen atoms in total. The second kappa shape index (κ2) is 6.31. The van der Waals surface area contributed by atoms with Gasteiger partial charge in [-0.05, 0) is 29.1 Å². The Kier molecular flexibility index (Phi) is 4.48. The fraction of sp³-hybridized carbons (Fsp3) is 0.154. The number of hydrogen-bond donors (Lipinski definition) is 2. The van der Waals surface area contributed by atoms with Gasteiger partial charge in [0, 0.05) is 4.88 Å². The van der Waals surface area contributed by atoms with Gasteiger partial charge in [-0.1, -0.05) is 18.2 Å². The van der Waals surface area contributed by atoms with Crippen molar-refractivity contribution in [3.8, 4) is 0 Å². The maximum absolute atomic E-state index is 13.0. The fourth-order valence-corrected chi connectivity index (χ4v) is 2.49. The van der Waals surface area contributed by atoms with Gasteiger partial charge in [0.25, 0.3) is 0 Å². The third kappa shape index (κ3) is 3.52. The van der Waals surface area contributed by atoms with E-state index in [-0.39, 0.29) is 11.9 Å². The highest BCUT2D eigenvalue weighted by Crippen LogP contribution is 2.26. The monoisotopic (exact) mass is 280 g/mol. The normalized spacial score (nSPS) is 11.9. The minimum Gasteiger partial charge on any atom is -0.325 e. The Labute approximate surface area is 114 Å². The van der Waals surface area contributed by atoms with E-state index in [0.29, 0.717) is 0 Å². The van der Waals surface area contributed by atoms with E-state index in [2.05, 4.69) is 15.6 Å². The zero-order valence-corrected chi connectivity index (χ0v) is 11.0. The van der Waals surface area contributed by atoms with Crippen LogP contribution in [-0.2, 0) is 4.84 Å². The number of hydrogen-bond acceptors (Lipinski definition) is 3. The average molecular weight is 280 g/mol. The summed E-state index contributed by atoms with van der Waals surface area (Å²) in [6, 6.07) is 9.04. The predicted molar refractivity (Wildman–Crippen MR) is 71.2 cm³/mol. The molecule has 0 saturated heterocycles. The van der Waals surface area contributed by atoms with Gasteiger partial charge in [-0.2, -0.15) is 0 Å². The predicted octanol–water partition coefficient (Wildman–Crippen LogP) is 2.84. The van der Waals surface area contributed by atoms with Crippen molar-refractivity contribution in [3.63, 3.8) is 0 Å². The molecule has 0 aliphatic rings. The van der Waals surface area contributed by atoms with E-state index in [1.54, 1.807) is 12.1 Å². The first-order valence-corrected chi connectivity index (χ1v) is 6.47. The van der Waals surface area contributed by atoms with Crippen molar-refractivity contribution in [2.45, 2.75) is 6.04 Å². The smallest absolute Gasteiger partial charge is 0.325 e. The summed E-state index contributed by atoms with van der Waals surface area (Å²) in [4.78, 5) is 17.1. The third-order valence-corrected chi connectivity index (χ3v) is 3.44. The van der Waals surface area contributed by atoms with Gasteiger partial charge in [0.15, 0.2) is 0 Å². The lowest BCUT2D eigenvalue weighted by Crippen LogP contribution is -2.37. The Morgan fingerprint density at radius 3 is 2.63 bits per heavy atom. The van der Waals surface area contributed by atoms with Crippen LogP contribution >= 0.6 is 11.3 Å². The summed E-state index contributed by atoms with van der Waals surface area (Å²) in [5.74, 6) is -0.310. The number of halogens is 1. The van der Waals surface area contributed by atoms with Gasteiger partial charge in [0.2, 0.25) is 0 Å². The molecule has 2 N–H and O–H groups in total. The molecule has 1 aromatic carbocycles. The van der Waals surface area contributed by atoms with Crippen molar-refractivity contribution in [2.24, 2.45) is 0 Å². The quantitative estimate of drug-likeness (QED) is 0.846. The molecule has 2 amide bonds. The summed E-state index contributed by atoms with van der Waals surface area (Å²) < 4.78 is 13.0. The molecule has 19 heavy (non-hydrogen) atoms. The van der Waals surface area contributed by atoms with E-state index in [0.717, 1.165) is 10.4 Å². The van der Waals surface area contributed by atoms with Crippen LogP contribution in [0.1, 0.15) is 16.5 Å². The lowest BCUT2D eigenvalue weighted by molar-refractivity contribution is 0.106.